The Morgan fingerprint density at radius 3 is 2.80 bits per heavy atom. The Morgan fingerprint density at radius 1 is 1.45 bits per heavy atom. The average Bonchev–Trinajstić information content (AvgIpc) is 2.92. The predicted octanol–water partition coefficient (Wildman–Crippen LogP) is 1.76. The van der Waals surface area contributed by atoms with Gasteiger partial charge in [-0.1, -0.05) is 29.8 Å². The van der Waals surface area contributed by atoms with E-state index in [0.717, 1.165) is 43.4 Å². The molecule has 1 aromatic rings. The summed E-state index contributed by atoms with van der Waals surface area (Å²) in [7, 11) is 0. The molecule has 1 fully saturated rings. The lowest BCUT2D eigenvalue weighted by atomic mass is 10.0. The maximum Gasteiger partial charge on any atom is 0.244 e. The summed E-state index contributed by atoms with van der Waals surface area (Å²) in [4.78, 5) is 14.4. The van der Waals surface area contributed by atoms with Crippen molar-refractivity contribution >= 4 is 5.91 Å². The largest absolute Gasteiger partial charge is 0.396 e. The first-order valence-corrected chi connectivity index (χ1v) is 7.37. The van der Waals surface area contributed by atoms with Gasteiger partial charge >= 0.3 is 0 Å². The standard InChI is InChI=1S/C16H24N2O2/c1-12-6-8-13(9-7-12)15(17)16(20)18-10-2-4-14(18)5-3-11-19/h6-9,14-15,19H,2-5,10-11,17H2,1H3. The predicted molar refractivity (Wildman–Crippen MR) is 79.2 cm³/mol. The van der Waals surface area contributed by atoms with Crippen LogP contribution < -0.4 is 5.73 Å². The Bertz CT molecular complexity index is 444. The molecule has 1 aliphatic heterocycles. The lowest BCUT2D eigenvalue weighted by molar-refractivity contribution is -0.133. The third-order valence-electron chi connectivity index (χ3n) is 4.06. The van der Waals surface area contributed by atoms with Crippen LogP contribution in [0.2, 0.25) is 0 Å². The number of aliphatic hydroxyl groups is 1. The summed E-state index contributed by atoms with van der Waals surface area (Å²) in [6.07, 6.45) is 3.66. The molecule has 1 saturated heterocycles. The van der Waals surface area contributed by atoms with Gasteiger partial charge in [0.2, 0.25) is 5.91 Å². The molecule has 0 aliphatic carbocycles. The molecule has 1 aromatic carbocycles. The van der Waals surface area contributed by atoms with E-state index in [-0.39, 0.29) is 18.6 Å². The number of carbonyl (C=O) groups excluding carboxylic acids is 1. The molecule has 0 radical (unpaired) electrons. The quantitative estimate of drug-likeness (QED) is 0.861. The number of aliphatic hydroxyl groups excluding tert-OH is 1. The number of nitrogens with zero attached hydrogens (tertiary/aromatic N) is 1. The second-order valence-corrected chi connectivity index (χ2v) is 5.58. The minimum absolute atomic E-state index is 0.00860. The molecule has 110 valence electrons. The van der Waals surface area contributed by atoms with Gasteiger partial charge in [0.25, 0.3) is 0 Å². The van der Waals surface area contributed by atoms with E-state index in [1.165, 1.54) is 0 Å². The van der Waals surface area contributed by atoms with Gasteiger partial charge in [-0.05, 0) is 38.2 Å². The second kappa shape index (κ2) is 6.86. The fraction of sp³-hybridized carbons (Fsp3) is 0.562. The van der Waals surface area contributed by atoms with Crippen molar-refractivity contribution in [2.45, 2.75) is 44.7 Å². The first-order chi connectivity index (χ1) is 9.63. The first kappa shape index (κ1) is 15.0. The highest BCUT2D eigenvalue weighted by atomic mass is 16.3. The number of benzene rings is 1. The van der Waals surface area contributed by atoms with Crippen molar-refractivity contribution in [2.75, 3.05) is 13.2 Å². The summed E-state index contributed by atoms with van der Waals surface area (Å²) >= 11 is 0. The highest BCUT2D eigenvalue weighted by Gasteiger charge is 2.31. The minimum atomic E-state index is -0.578. The summed E-state index contributed by atoms with van der Waals surface area (Å²) in [6, 6.07) is 7.48. The summed E-state index contributed by atoms with van der Waals surface area (Å²) in [5, 5.41) is 8.94. The number of aryl methyl sites for hydroxylation is 1. The molecule has 1 heterocycles. The zero-order valence-electron chi connectivity index (χ0n) is 12.1. The normalized spacial score (nSPS) is 20.1. The van der Waals surface area contributed by atoms with Crippen molar-refractivity contribution in [1.29, 1.82) is 0 Å². The van der Waals surface area contributed by atoms with Crippen LogP contribution in [0.25, 0.3) is 0 Å². The van der Waals surface area contributed by atoms with Gasteiger partial charge in [0.1, 0.15) is 6.04 Å². The van der Waals surface area contributed by atoms with Crippen LogP contribution in [-0.2, 0) is 4.79 Å². The van der Waals surface area contributed by atoms with Crippen molar-refractivity contribution < 1.29 is 9.90 Å². The summed E-state index contributed by atoms with van der Waals surface area (Å²) in [5.74, 6) is 0.00860. The van der Waals surface area contributed by atoms with Gasteiger partial charge in [-0.2, -0.15) is 0 Å². The van der Waals surface area contributed by atoms with E-state index in [9.17, 15) is 4.79 Å². The molecule has 0 saturated carbocycles. The van der Waals surface area contributed by atoms with Gasteiger partial charge in [0.05, 0.1) is 0 Å². The zero-order valence-corrected chi connectivity index (χ0v) is 12.1. The zero-order chi connectivity index (χ0) is 14.5. The molecule has 1 aliphatic rings. The van der Waals surface area contributed by atoms with E-state index in [1.54, 1.807) is 0 Å². The Labute approximate surface area is 120 Å². The fourth-order valence-electron chi connectivity index (χ4n) is 2.85. The molecule has 3 N–H and O–H groups in total. The Kier molecular flexibility index (Phi) is 5.15. The van der Waals surface area contributed by atoms with Crippen LogP contribution in [0.3, 0.4) is 0 Å². The third kappa shape index (κ3) is 3.38. The summed E-state index contributed by atoms with van der Waals surface area (Å²) < 4.78 is 0. The minimum Gasteiger partial charge on any atom is -0.396 e. The van der Waals surface area contributed by atoms with Crippen molar-refractivity contribution in [3.63, 3.8) is 0 Å². The van der Waals surface area contributed by atoms with Gasteiger partial charge in [-0.3, -0.25) is 4.79 Å². The molecular weight excluding hydrogens is 252 g/mol. The summed E-state index contributed by atoms with van der Waals surface area (Å²) in [5.41, 5.74) is 8.15. The van der Waals surface area contributed by atoms with Crippen molar-refractivity contribution in [3.8, 4) is 0 Å². The van der Waals surface area contributed by atoms with E-state index in [1.807, 2.05) is 36.1 Å². The van der Waals surface area contributed by atoms with E-state index >= 15 is 0 Å². The van der Waals surface area contributed by atoms with Crippen LogP contribution in [0.15, 0.2) is 24.3 Å². The molecule has 0 bridgehead atoms. The molecule has 2 rings (SSSR count). The lowest BCUT2D eigenvalue weighted by Crippen LogP contribution is -2.41. The SMILES string of the molecule is Cc1ccc(C(N)C(=O)N2CCCC2CCCO)cc1. The number of likely N-dealkylation sites (tertiary alicyclic amines) is 1. The van der Waals surface area contributed by atoms with Crippen LogP contribution in [0.4, 0.5) is 0 Å². The summed E-state index contributed by atoms with van der Waals surface area (Å²) in [6.45, 7) is 2.99. The average molecular weight is 276 g/mol. The smallest absolute Gasteiger partial charge is 0.244 e. The van der Waals surface area contributed by atoms with Gasteiger partial charge in [0.15, 0.2) is 0 Å². The highest BCUT2D eigenvalue weighted by molar-refractivity contribution is 5.83. The van der Waals surface area contributed by atoms with E-state index in [2.05, 4.69) is 0 Å². The van der Waals surface area contributed by atoms with Crippen LogP contribution in [0.5, 0.6) is 0 Å². The fourth-order valence-corrected chi connectivity index (χ4v) is 2.85. The molecule has 2 atom stereocenters. The van der Waals surface area contributed by atoms with Gasteiger partial charge < -0.3 is 15.7 Å². The van der Waals surface area contributed by atoms with Crippen molar-refractivity contribution in [2.24, 2.45) is 5.73 Å². The molecule has 4 nitrogen and oxygen atoms in total. The number of nitrogens with two attached hydrogens (primary N) is 1. The molecule has 0 aromatic heterocycles. The first-order valence-electron chi connectivity index (χ1n) is 7.37. The number of hydrogen-bond acceptors (Lipinski definition) is 3. The Balaban J connectivity index is 2.03. The number of rotatable bonds is 5. The maximum atomic E-state index is 12.5. The van der Waals surface area contributed by atoms with Crippen molar-refractivity contribution in [1.82, 2.24) is 4.90 Å². The maximum absolute atomic E-state index is 12.5. The van der Waals surface area contributed by atoms with Crippen LogP contribution in [0, 0.1) is 6.92 Å². The van der Waals surface area contributed by atoms with E-state index in [0.29, 0.717) is 0 Å². The molecule has 1 amide bonds. The number of carbonyl (C=O) groups is 1. The van der Waals surface area contributed by atoms with Crippen LogP contribution in [0.1, 0.15) is 42.9 Å². The van der Waals surface area contributed by atoms with E-state index < -0.39 is 6.04 Å². The van der Waals surface area contributed by atoms with E-state index in [4.69, 9.17) is 10.8 Å². The Morgan fingerprint density at radius 2 is 2.15 bits per heavy atom. The molecule has 0 spiro atoms. The van der Waals surface area contributed by atoms with Crippen molar-refractivity contribution in [3.05, 3.63) is 35.4 Å². The molecule has 20 heavy (non-hydrogen) atoms. The molecular formula is C16H24N2O2. The monoisotopic (exact) mass is 276 g/mol. The number of hydrogen-bond donors (Lipinski definition) is 2. The van der Waals surface area contributed by atoms with Crippen LogP contribution >= 0.6 is 0 Å². The van der Waals surface area contributed by atoms with Gasteiger partial charge in [-0.25, -0.2) is 0 Å². The molecule has 2 unspecified atom stereocenters. The van der Waals surface area contributed by atoms with Gasteiger partial charge in [0, 0.05) is 19.2 Å². The number of amides is 1. The van der Waals surface area contributed by atoms with Gasteiger partial charge in [-0.15, -0.1) is 0 Å². The lowest BCUT2D eigenvalue weighted by Gasteiger charge is -2.27. The Hall–Kier alpha value is -1.39. The van der Waals surface area contributed by atoms with Crippen LogP contribution in [-0.4, -0.2) is 35.1 Å². The third-order valence-corrected chi connectivity index (χ3v) is 4.06. The second-order valence-electron chi connectivity index (χ2n) is 5.58. The highest BCUT2D eigenvalue weighted by Crippen LogP contribution is 2.25. The topological polar surface area (TPSA) is 66.6 Å². The molecule has 4 heteroatoms.